The smallest absolute Gasteiger partial charge is 0.118 e. The number of hydrogen-bond acceptors (Lipinski definition) is 3. The molecule has 0 atom stereocenters. The summed E-state index contributed by atoms with van der Waals surface area (Å²) in [4.78, 5) is 2.23. The Morgan fingerprint density at radius 2 is 2.00 bits per heavy atom. The number of nitrogens with zero attached hydrogens (tertiary/aromatic N) is 1. The summed E-state index contributed by atoms with van der Waals surface area (Å²) in [7, 11) is 1.71. The van der Waals surface area contributed by atoms with E-state index in [4.69, 9.17) is 9.15 Å². The van der Waals surface area contributed by atoms with E-state index in [0.29, 0.717) is 6.73 Å². The summed E-state index contributed by atoms with van der Waals surface area (Å²) in [6.45, 7) is 9.86. The van der Waals surface area contributed by atoms with Crippen LogP contribution in [0.3, 0.4) is 0 Å². The maximum Gasteiger partial charge on any atom is 0.118 e. The van der Waals surface area contributed by atoms with Crippen molar-refractivity contribution in [3.63, 3.8) is 0 Å². The van der Waals surface area contributed by atoms with Crippen molar-refractivity contribution >= 4 is 0 Å². The molecule has 0 aliphatic carbocycles. The van der Waals surface area contributed by atoms with Gasteiger partial charge in [0, 0.05) is 12.6 Å². The quantitative estimate of drug-likeness (QED) is 0.716. The molecule has 0 aliphatic heterocycles. The van der Waals surface area contributed by atoms with Crippen LogP contribution in [-0.2, 0) is 11.3 Å². The third-order valence-electron chi connectivity index (χ3n) is 2.38. The van der Waals surface area contributed by atoms with E-state index in [1.165, 1.54) is 0 Å². The van der Waals surface area contributed by atoms with Gasteiger partial charge in [-0.3, -0.25) is 4.90 Å². The first-order valence-electron chi connectivity index (χ1n) is 5.23. The van der Waals surface area contributed by atoms with Crippen LogP contribution >= 0.6 is 0 Å². The molecule has 15 heavy (non-hydrogen) atoms. The van der Waals surface area contributed by atoms with Crippen molar-refractivity contribution in [3.8, 4) is 0 Å². The molecule has 1 aromatic heterocycles. The first-order valence-corrected chi connectivity index (χ1v) is 5.23. The average Bonchev–Trinajstić information content (AvgIpc) is 2.49. The Morgan fingerprint density at radius 1 is 1.33 bits per heavy atom. The van der Waals surface area contributed by atoms with Crippen LogP contribution in [0.2, 0.25) is 0 Å². The van der Waals surface area contributed by atoms with Gasteiger partial charge in [0.25, 0.3) is 0 Å². The molecule has 0 N–H and O–H groups in total. The zero-order chi connectivity index (χ0) is 11.5. The van der Waals surface area contributed by atoms with Crippen LogP contribution in [0.25, 0.3) is 0 Å². The van der Waals surface area contributed by atoms with Gasteiger partial charge < -0.3 is 9.15 Å². The van der Waals surface area contributed by atoms with Crippen molar-refractivity contribution in [1.29, 1.82) is 0 Å². The van der Waals surface area contributed by atoms with Crippen molar-refractivity contribution in [1.82, 2.24) is 4.90 Å². The normalized spacial score (nSPS) is 12.4. The predicted octanol–water partition coefficient (Wildman–Crippen LogP) is 2.79. The van der Waals surface area contributed by atoms with E-state index in [2.05, 4.69) is 25.7 Å². The molecule has 1 rings (SSSR count). The van der Waals surface area contributed by atoms with Gasteiger partial charge in [-0.2, -0.15) is 0 Å². The summed E-state index contributed by atoms with van der Waals surface area (Å²) in [5, 5.41) is 0. The first-order chi connectivity index (χ1) is 6.93. The summed E-state index contributed by atoms with van der Waals surface area (Å²) in [6.07, 6.45) is 0. The lowest BCUT2D eigenvalue weighted by Gasteiger charge is -2.34. The summed E-state index contributed by atoms with van der Waals surface area (Å²) >= 11 is 0. The van der Waals surface area contributed by atoms with Crippen LogP contribution in [0.15, 0.2) is 16.5 Å². The Bertz CT molecular complexity index is 299. The highest BCUT2D eigenvalue weighted by Gasteiger charge is 2.22. The van der Waals surface area contributed by atoms with Gasteiger partial charge in [-0.15, -0.1) is 0 Å². The molecular formula is C12H21NO2. The number of methoxy groups -OCH3 is 1. The van der Waals surface area contributed by atoms with Gasteiger partial charge in [0.05, 0.1) is 13.3 Å². The highest BCUT2D eigenvalue weighted by Crippen LogP contribution is 2.18. The molecule has 3 heteroatoms. The van der Waals surface area contributed by atoms with Gasteiger partial charge in [-0.05, 0) is 39.8 Å². The largest absolute Gasteiger partial charge is 0.465 e. The monoisotopic (exact) mass is 211 g/mol. The molecule has 0 spiro atoms. The number of aryl methyl sites for hydroxylation is 1. The number of rotatable bonds is 4. The van der Waals surface area contributed by atoms with Crippen LogP contribution < -0.4 is 0 Å². The van der Waals surface area contributed by atoms with Crippen molar-refractivity contribution in [3.05, 3.63) is 23.7 Å². The Kier molecular flexibility index (Phi) is 3.94. The lowest BCUT2D eigenvalue weighted by Crippen LogP contribution is -2.41. The van der Waals surface area contributed by atoms with Crippen molar-refractivity contribution < 1.29 is 9.15 Å². The Balaban J connectivity index is 2.66. The van der Waals surface area contributed by atoms with Gasteiger partial charge in [-0.1, -0.05) is 0 Å². The third-order valence-corrected chi connectivity index (χ3v) is 2.38. The van der Waals surface area contributed by atoms with Gasteiger partial charge in [0.15, 0.2) is 0 Å². The minimum Gasteiger partial charge on any atom is -0.465 e. The maximum atomic E-state index is 5.56. The second-order valence-electron chi connectivity index (χ2n) is 4.80. The van der Waals surface area contributed by atoms with E-state index in [-0.39, 0.29) is 5.54 Å². The summed E-state index contributed by atoms with van der Waals surface area (Å²) in [5.41, 5.74) is 0.0801. The van der Waals surface area contributed by atoms with Crippen molar-refractivity contribution in [2.45, 2.75) is 39.8 Å². The van der Waals surface area contributed by atoms with Crippen LogP contribution in [0, 0.1) is 6.92 Å². The second kappa shape index (κ2) is 4.81. The van der Waals surface area contributed by atoms with Gasteiger partial charge >= 0.3 is 0 Å². The zero-order valence-corrected chi connectivity index (χ0v) is 10.3. The van der Waals surface area contributed by atoms with Crippen molar-refractivity contribution in [2.24, 2.45) is 0 Å². The van der Waals surface area contributed by atoms with E-state index in [0.717, 1.165) is 18.1 Å². The van der Waals surface area contributed by atoms with Gasteiger partial charge in [-0.25, -0.2) is 0 Å². The van der Waals surface area contributed by atoms with Gasteiger partial charge in [0.1, 0.15) is 11.5 Å². The van der Waals surface area contributed by atoms with E-state index in [1.54, 1.807) is 7.11 Å². The molecule has 3 nitrogen and oxygen atoms in total. The molecule has 86 valence electrons. The second-order valence-corrected chi connectivity index (χ2v) is 4.80. The van der Waals surface area contributed by atoms with E-state index >= 15 is 0 Å². The number of ether oxygens (including phenoxy) is 1. The molecule has 0 fully saturated rings. The van der Waals surface area contributed by atoms with E-state index < -0.39 is 0 Å². The van der Waals surface area contributed by atoms with Gasteiger partial charge in [0.2, 0.25) is 0 Å². The molecule has 0 saturated heterocycles. The van der Waals surface area contributed by atoms with Crippen LogP contribution in [-0.4, -0.2) is 24.3 Å². The zero-order valence-electron chi connectivity index (χ0n) is 10.3. The minimum atomic E-state index is 0.0801. The Morgan fingerprint density at radius 3 is 2.40 bits per heavy atom. The number of hydrogen-bond donors (Lipinski definition) is 0. The predicted molar refractivity (Wildman–Crippen MR) is 60.6 cm³/mol. The summed E-state index contributed by atoms with van der Waals surface area (Å²) in [5.74, 6) is 1.94. The Hall–Kier alpha value is -0.800. The van der Waals surface area contributed by atoms with Crippen LogP contribution in [0.1, 0.15) is 32.3 Å². The third kappa shape index (κ3) is 3.68. The molecule has 0 radical (unpaired) electrons. The molecular weight excluding hydrogens is 190 g/mol. The fraction of sp³-hybridized carbons (Fsp3) is 0.667. The van der Waals surface area contributed by atoms with E-state index in [1.807, 2.05) is 19.1 Å². The fourth-order valence-electron chi connectivity index (χ4n) is 1.39. The molecule has 0 amide bonds. The standard InChI is InChI=1S/C12H21NO2/c1-10-6-7-11(15-10)8-13(9-14-5)12(2,3)4/h6-7H,8-9H2,1-5H3. The minimum absolute atomic E-state index is 0.0801. The molecule has 0 aliphatic rings. The highest BCUT2D eigenvalue weighted by molar-refractivity contribution is 5.05. The summed E-state index contributed by atoms with van der Waals surface area (Å²) in [6, 6.07) is 4.01. The van der Waals surface area contributed by atoms with Crippen molar-refractivity contribution in [2.75, 3.05) is 13.8 Å². The molecule has 1 heterocycles. The SMILES string of the molecule is COCN(Cc1ccc(C)o1)C(C)(C)C. The topological polar surface area (TPSA) is 25.6 Å². The summed E-state index contributed by atoms with van der Waals surface area (Å²) < 4.78 is 10.8. The van der Waals surface area contributed by atoms with E-state index in [9.17, 15) is 0 Å². The van der Waals surface area contributed by atoms with Crippen LogP contribution in [0.5, 0.6) is 0 Å². The van der Waals surface area contributed by atoms with Crippen LogP contribution in [0.4, 0.5) is 0 Å². The lowest BCUT2D eigenvalue weighted by molar-refractivity contribution is -0.00514. The maximum absolute atomic E-state index is 5.56. The fourth-order valence-corrected chi connectivity index (χ4v) is 1.39. The lowest BCUT2D eigenvalue weighted by atomic mass is 10.1. The first kappa shape index (κ1) is 12.3. The molecule has 1 aromatic rings. The average molecular weight is 211 g/mol. The highest BCUT2D eigenvalue weighted by atomic mass is 16.5. The molecule has 0 saturated carbocycles. The Labute approximate surface area is 92.0 Å². The number of furan rings is 1. The molecule has 0 bridgehead atoms. The molecule has 0 unspecified atom stereocenters. The molecule has 0 aromatic carbocycles.